The van der Waals surface area contributed by atoms with Gasteiger partial charge in [-0.2, -0.15) is 13.2 Å². The lowest BCUT2D eigenvalue weighted by Crippen LogP contribution is -2.45. The number of halogens is 3. The van der Waals surface area contributed by atoms with Crippen molar-refractivity contribution in [3.63, 3.8) is 0 Å². The van der Waals surface area contributed by atoms with Crippen LogP contribution in [0.25, 0.3) is 0 Å². The van der Waals surface area contributed by atoms with Gasteiger partial charge in [0.2, 0.25) is 15.9 Å². The van der Waals surface area contributed by atoms with E-state index in [0.29, 0.717) is 31.0 Å². The molecule has 0 aliphatic carbocycles. The molecule has 0 unspecified atom stereocenters. The van der Waals surface area contributed by atoms with Gasteiger partial charge in [0.05, 0.1) is 25.6 Å². The standard InChI is InChI=1S/C15H22F3N3O4S/c1-26(23,24)21-6-3-5-19(7-8-21)11-14(22)20(12-15(16,17)18)10-13-4-2-9-25-13/h2,4,9H,3,5-8,10-12H2,1H3. The highest BCUT2D eigenvalue weighted by Gasteiger charge is 2.34. The second kappa shape index (κ2) is 8.40. The minimum absolute atomic E-state index is 0.200. The molecule has 0 atom stereocenters. The first kappa shape index (κ1) is 20.7. The van der Waals surface area contributed by atoms with Crippen LogP contribution in [0.3, 0.4) is 0 Å². The molecule has 0 spiro atoms. The molecule has 11 heteroatoms. The first-order chi connectivity index (χ1) is 12.0. The van der Waals surface area contributed by atoms with Gasteiger partial charge in [0, 0.05) is 19.6 Å². The third-order valence-electron chi connectivity index (χ3n) is 4.03. The zero-order valence-electron chi connectivity index (χ0n) is 14.4. The quantitative estimate of drug-likeness (QED) is 0.720. The molecule has 1 amide bonds. The first-order valence-electron chi connectivity index (χ1n) is 8.09. The van der Waals surface area contributed by atoms with Gasteiger partial charge in [0.15, 0.2) is 0 Å². The SMILES string of the molecule is CS(=O)(=O)N1CCCN(CC(=O)N(Cc2ccco2)CC(F)(F)F)CC1. The van der Waals surface area contributed by atoms with E-state index in [1.807, 2.05) is 0 Å². The average molecular weight is 397 g/mol. The van der Waals surface area contributed by atoms with Crippen molar-refractivity contribution in [2.45, 2.75) is 19.1 Å². The smallest absolute Gasteiger partial charge is 0.406 e. The normalized spacial score (nSPS) is 17.8. The fourth-order valence-electron chi connectivity index (χ4n) is 2.77. The molecule has 148 valence electrons. The Bertz CT molecular complexity index is 691. The molecule has 0 saturated carbocycles. The molecule has 1 aliphatic heterocycles. The Labute approximate surface area is 150 Å². The van der Waals surface area contributed by atoms with Crippen molar-refractivity contribution in [2.24, 2.45) is 0 Å². The Morgan fingerprint density at radius 3 is 2.58 bits per heavy atom. The molecule has 1 fully saturated rings. The maximum Gasteiger partial charge on any atom is 0.406 e. The maximum atomic E-state index is 12.8. The van der Waals surface area contributed by atoms with Gasteiger partial charge in [0.25, 0.3) is 0 Å². The fourth-order valence-corrected chi connectivity index (χ4v) is 3.64. The molecule has 0 radical (unpaired) electrons. The van der Waals surface area contributed by atoms with E-state index in [1.165, 1.54) is 16.6 Å². The van der Waals surface area contributed by atoms with Crippen LogP contribution in [0.1, 0.15) is 12.2 Å². The van der Waals surface area contributed by atoms with E-state index >= 15 is 0 Å². The number of furan rings is 1. The van der Waals surface area contributed by atoms with Gasteiger partial charge >= 0.3 is 6.18 Å². The first-order valence-corrected chi connectivity index (χ1v) is 9.94. The Kier molecular flexibility index (Phi) is 6.69. The zero-order chi connectivity index (χ0) is 19.4. The summed E-state index contributed by atoms with van der Waals surface area (Å²) in [7, 11) is -3.33. The van der Waals surface area contributed by atoms with E-state index in [9.17, 15) is 26.4 Å². The molecular formula is C15H22F3N3O4S. The molecular weight excluding hydrogens is 375 g/mol. The maximum absolute atomic E-state index is 12.8. The van der Waals surface area contributed by atoms with Gasteiger partial charge in [-0.3, -0.25) is 9.69 Å². The number of amides is 1. The lowest BCUT2D eigenvalue weighted by Gasteiger charge is -2.27. The van der Waals surface area contributed by atoms with Gasteiger partial charge < -0.3 is 9.32 Å². The summed E-state index contributed by atoms with van der Waals surface area (Å²) < 4.78 is 68.0. The number of carbonyl (C=O) groups is 1. The highest BCUT2D eigenvalue weighted by atomic mass is 32.2. The van der Waals surface area contributed by atoms with Crippen molar-refractivity contribution in [2.75, 3.05) is 45.5 Å². The third-order valence-corrected chi connectivity index (χ3v) is 5.33. The molecule has 0 N–H and O–H groups in total. The van der Waals surface area contributed by atoms with E-state index in [-0.39, 0.29) is 25.4 Å². The van der Waals surface area contributed by atoms with Crippen LogP contribution < -0.4 is 0 Å². The Balaban J connectivity index is 1.99. The summed E-state index contributed by atoms with van der Waals surface area (Å²) in [6.45, 7) is -0.553. The van der Waals surface area contributed by atoms with Crippen LogP contribution in [-0.4, -0.2) is 80.1 Å². The van der Waals surface area contributed by atoms with Crippen molar-refractivity contribution in [3.05, 3.63) is 24.2 Å². The molecule has 2 heterocycles. The third kappa shape index (κ3) is 6.61. The number of nitrogens with zero attached hydrogens (tertiary/aromatic N) is 3. The number of rotatable bonds is 6. The molecule has 0 aromatic carbocycles. The Hall–Kier alpha value is -1.59. The summed E-state index contributed by atoms with van der Waals surface area (Å²) in [4.78, 5) is 14.8. The lowest BCUT2D eigenvalue weighted by molar-refractivity contribution is -0.163. The molecule has 0 bridgehead atoms. The van der Waals surface area contributed by atoms with E-state index in [1.54, 1.807) is 11.0 Å². The predicted molar refractivity (Wildman–Crippen MR) is 87.7 cm³/mol. The van der Waals surface area contributed by atoms with Gasteiger partial charge in [-0.1, -0.05) is 0 Å². The van der Waals surface area contributed by atoms with Crippen LogP contribution in [0.15, 0.2) is 22.8 Å². The molecule has 1 aromatic rings. The van der Waals surface area contributed by atoms with Gasteiger partial charge in [-0.05, 0) is 25.1 Å². The Morgan fingerprint density at radius 2 is 2.00 bits per heavy atom. The second-order valence-electron chi connectivity index (χ2n) is 6.24. The van der Waals surface area contributed by atoms with E-state index in [0.717, 1.165) is 6.26 Å². The van der Waals surface area contributed by atoms with E-state index in [4.69, 9.17) is 4.42 Å². The van der Waals surface area contributed by atoms with Crippen LogP contribution in [0, 0.1) is 0 Å². The van der Waals surface area contributed by atoms with Crippen molar-refractivity contribution in [1.29, 1.82) is 0 Å². The summed E-state index contributed by atoms with van der Waals surface area (Å²) in [6, 6.07) is 3.05. The number of alkyl halides is 3. The average Bonchev–Trinajstić information content (AvgIpc) is 2.88. The summed E-state index contributed by atoms with van der Waals surface area (Å²) >= 11 is 0. The molecule has 7 nitrogen and oxygen atoms in total. The minimum atomic E-state index is -4.52. The van der Waals surface area contributed by atoms with Crippen molar-refractivity contribution < 1.29 is 30.8 Å². The Morgan fingerprint density at radius 1 is 1.27 bits per heavy atom. The van der Waals surface area contributed by atoms with Crippen molar-refractivity contribution in [1.82, 2.24) is 14.1 Å². The van der Waals surface area contributed by atoms with Gasteiger partial charge in [-0.25, -0.2) is 12.7 Å². The van der Waals surface area contributed by atoms with Crippen molar-refractivity contribution >= 4 is 15.9 Å². The van der Waals surface area contributed by atoms with Crippen LogP contribution in [-0.2, 0) is 21.4 Å². The molecule has 1 aromatic heterocycles. The highest BCUT2D eigenvalue weighted by molar-refractivity contribution is 7.88. The summed E-state index contributed by atoms with van der Waals surface area (Å²) in [5.74, 6) is -0.409. The largest absolute Gasteiger partial charge is 0.467 e. The van der Waals surface area contributed by atoms with Crippen LogP contribution in [0.4, 0.5) is 13.2 Å². The van der Waals surface area contributed by atoms with E-state index in [2.05, 4.69) is 0 Å². The summed E-state index contributed by atoms with van der Waals surface area (Å²) in [6.07, 6.45) is -1.56. The molecule has 2 rings (SSSR count). The van der Waals surface area contributed by atoms with Crippen molar-refractivity contribution in [3.8, 4) is 0 Å². The summed E-state index contributed by atoms with van der Waals surface area (Å²) in [5.41, 5.74) is 0. The molecule has 1 aliphatic rings. The van der Waals surface area contributed by atoms with Crippen LogP contribution >= 0.6 is 0 Å². The van der Waals surface area contributed by atoms with Crippen LogP contribution in [0.2, 0.25) is 0 Å². The molecule has 26 heavy (non-hydrogen) atoms. The van der Waals surface area contributed by atoms with Gasteiger partial charge in [-0.15, -0.1) is 0 Å². The number of sulfonamides is 1. The lowest BCUT2D eigenvalue weighted by atomic mass is 10.3. The summed E-state index contributed by atoms with van der Waals surface area (Å²) in [5, 5.41) is 0. The number of hydrogen-bond donors (Lipinski definition) is 0. The minimum Gasteiger partial charge on any atom is -0.467 e. The fraction of sp³-hybridized carbons (Fsp3) is 0.667. The number of hydrogen-bond acceptors (Lipinski definition) is 5. The molecule has 1 saturated heterocycles. The number of carbonyl (C=O) groups excluding carboxylic acids is 1. The van der Waals surface area contributed by atoms with Gasteiger partial charge in [0.1, 0.15) is 12.3 Å². The topological polar surface area (TPSA) is 74.1 Å². The highest BCUT2D eigenvalue weighted by Crippen LogP contribution is 2.19. The monoisotopic (exact) mass is 397 g/mol. The second-order valence-corrected chi connectivity index (χ2v) is 8.22. The van der Waals surface area contributed by atoms with E-state index < -0.39 is 28.7 Å². The predicted octanol–water partition coefficient (Wildman–Crippen LogP) is 1.14. The van der Waals surface area contributed by atoms with Crippen LogP contribution in [0.5, 0.6) is 0 Å². The zero-order valence-corrected chi connectivity index (χ0v) is 15.2.